The highest BCUT2D eigenvalue weighted by Gasteiger charge is 2.29. The van der Waals surface area contributed by atoms with Gasteiger partial charge in [0.2, 0.25) is 0 Å². The van der Waals surface area contributed by atoms with Crippen LogP contribution in [0.15, 0.2) is 47.6 Å². The van der Waals surface area contributed by atoms with Gasteiger partial charge in [0.25, 0.3) is 0 Å². The third-order valence-electron chi connectivity index (χ3n) is 6.65. The number of Topliss-reactive ketones (excluding diaryl/α,β-unsaturated/α-hetero) is 1. The third-order valence-corrected chi connectivity index (χ3v) is 7.92. The van der Waals surface area contributed by atoms with E-state index in [0.29, 0.717) is 11.8 Å². The molecule has 0 amide bonds. The first-order valence-electron chi connectivity index (χ1n) is 11.4. The SMILES string of the molecule is O=C1CCCCC1Sc1nnc(Cc2cccc3ccccc23)n1C1CCCCC1. The van der Waals surface area contributed by atoms with Gasteiger partial charge in [-0.2, -0.15) is 0 Å². The maximum Gasteiger partial charge on any atom is 0.192 e. The zero-order chi connectivity index (χ0) is 20.3. The van der Waals surface area contributed by atoms with E-state index in [1.54, 1.807) is 11.8 Å². The van der Waals surface area contributed by atoms with Crippen molar-refractivity contribution in [1.82, 2.24) is 14.8 Å². The van der Waals surface area contributed by atoms with Crippen LogP contribution >= 0.6 is 11.8 Å². The maximum absolute atomic E-state index is 12.5. The van der Waals surface area contributed by atoms with Crippen LogP contribution in [0.4, 0.5) is 0 Å². The van der Waals surface area contributed by atoms with Crippen molar-refractivity contribution in [3.8, 4) is 0 Å². The van der Waals surface area contributed by atoms with Gasteiger partial charge in [-0.15, -0.1) is 10.2 Å². The Morgan fingerprint density at radius 3 is 2.57 bits per heavy atom. The Balaban J connectivity index is 1.49. The van der Waals surface area contributed by atoms with Crippen LogP contribution in [-0.2, 0) is 11.2 Å². The summed E-state index contributed by atoms with van der Waals surface area (Å²) in [4.78, 5) is 12.5. The first kappa shape index (κ1) is 19.8. The monoisotopic (exact) mass is 419 g/mol. The van der Waals surface area contributed by atoms with Crippen LogP contribution in [0.1, 0.15) is 75.2 Å². The summed E-state index contributed by atoms with van der Waals surface area (Å²) in [5.41, 5.74) is 1.29. The second-order valence-corrected chi connectivity index (χ2v) is 9.86. The molecule has 0 spiro atoms. The van der Waals surface area contributed by atoms with E-state index in [2.05, 4.69) is 57.2 Å². The summed E-state index contributed by atoms with van der Waals surface area (Å²) in [5, 5.41) is 12.8. The van der Waals surface area contributed by atoms with E-state index in [4.69, 9.17) is 0 Å². The van der Waals surface area contributed by atoms with Gasteiger partial charge in [-0.05, 0) is 42.0 Å². The normalized spacial score (nSPS) is 20.7. The molecule has 5 rings (SSSR count). The fourth-order valence-corrected chi connectivity index (χ4v) is 6.28. The molecule has 1 atom stereocenters. The summed E-state index contributed by atoms with van der Waals surface area (Å²) in [6.07, 6.45) is 10.9. The highest BCUT2D eigenvalue weighted by molar-refractivity contribution is 8.00. The molecule has 30 heavy (non-hydrogen) atoms. The molecule has 0 N–H and O–H groups in total. The van der Waals surface area contributed by atoms with Crippen molar-refractivity contribution < 1.29 is 4.79 Å². The smallest absolute Gasteiger partial charge is 0.192 e. The van der Waals surface area contributed by atoms with Gasteiger partial charge in [-0.1, -0.05) is 79.9 Å². The van der Waals surface area contributed by atoms with Crippen LogP contribution in [0.25, 0.3) is 10.8 Å². The second kappa shape index (κ2) is 8.93. The number of ketones is 1. The molecule has 1 heterocycles. The second-order valence-electron chi connectivity index (χ2n) is 8.69. The Bertz CT molecular complexity index is 1030. The van der Waals surface area contributed by atoms with E-state index >= 15 is 0 Å². The van der Waals surface area contributed by atoms with Gasteiger partial charge in [0.1, 0.15) is 11.6 Å². The summed E-state index contributed by atoms with van der Waals surface area (Å²) >= 11 is 1.67. The van der Waals surface area contributed by atoms with Crippen molar-refractivity contribution in [2.24, 2.45) is 0 Å². The number of rotatable bonds is 5. The van der Waals surface area contributed by atoms with Crippen molar-refractivity contribution in [3.63, 3.8) is 0 Å². The Hall–Kier alpha value is -2.14. The molecule has 4 nitrogen and oxygen atoms in total. The standard InChI is InChI=1S/C25H29N3OS/c29-22-15-6-7-16-23(22)30-25-27-26-24(28(25)20-12-2-1-3-13-20)17-19-11-8-10-18-9-4-5-14-21(18)19/h4-5,8-11,14,20,23H,1-3,6-7,12-13,15-17H2. The third kappa shape index (κ3) is 4.04. The molecule has 0 bridgehead atoms. The molecule has 156 valence electrons. The van der Waals surface area contributed by atoms with E-state index < -0.39 is 0 Å². The van der Waals surface area contributed by atoms with Gasteiger partial charge in [0, 0.05) is 18.9 Å². The Morgan fingerprint density at radius 1 is 0.900 bits per heavy atom. The summed E-state index contributed by atoms with van der Waals surface area (Å²) in [7, 11) is 0. The number of thioether (sulfide) groups is 1. The summed E-state index contributed by atoms with van der Waals surface area (Å²) in [6.45, 7) is 0. The molecular weight excluding hydrogens is 390 g/mol. The minimum Gasteiger partial charge on any atom is -0.303 e. The number of carbonyl (C=O) groups excluding carboxylic acids is 1. The molecule has 2 aliphatic carbocycles. The van der Waals surface area contributed by atoms with Crippen LogP contribution in [0.3, 0.4) is 0 Å². The summed E-state index contributed by atoms with van der Waals surface area (Å²) in [5.74, 6) is 1.43. The van der Waals surface area contributed by atoms with Crippen molar-refractivity contribution in [3.05, 3.63) is 53.9 Å². The number of aromatic nitrogens is 3. The largest absolute Gasteiger partial charge is 0.303 e. The highest BCUT2D eigenvalue weighted by Crippen LogP contribution is 2.37. The van der Waals surface area contributed by atoms with Crippen LogP contribution < -0.4 is 0 Å². The quantitative estimate of drug-likeness (QED) is 0.499. The van der Waals surface area contributed by atoms with E-state index in [-0.39, 0.29) is 5.25 Å². The van der Waals surface area contributed by atoms with Crippen LogP contribution in [0.2, 0.25) is 0 Å². The molecule has 0 saturated heterocycles. The molecule has 2 fully saturated rings. The lowest BCUT2D eigenvalue weighted by molar-refractivity contribution is -0.119. The Labute approximate surface area is 182 Å². The lowest BCUT2D eigenvalue weighted by Gasteiger charge is -2.27. The lowest BCUT2D eigenvalue weighted by atomic mass is 9.95. The van der Waals surface area contributed by atoms with Gasteiger partial charge in [0.15, 0.2) is 5.16 Å². The fourth-order valence-electron chi connectivity index (χ4n) is 5.03. The molecule has 2 saturated carbocycles. The van der Waals surface area contributed by atoms with Gasteiger partial charge in [0.05, 0.1) is 5.25 Å². The number of hydrogen-bond acceptors (Lipinski definition) is 4. The number of nitrogens with zero attached hydrogens (tertiary/aromatic N) is 3. The topological polar surface area (TPSA) is 47.8 Å². The molecule has 2 aliphatic rings. The molecule has 0 aliphatic heterocycles. The van der Waals surface area contributed by atoms with E-state index in [1.165, 1.54) is 48.4 Å². The van der Waals surface area contributed by atoms with Gasteiger partial charge in [-0.25, -0.2) is 0 Å². The minimum atomic E-state index is 0.0516. The molecule has 1 unspecified atom stereocenters. The Kier molecular flexibility index (Phi) is 5.89. The molecule has 2 aromatic carbocycles. The van der Waals surface area contributed by atoms with Gasteiger partial charge in [-0.3, -0.25) is 4.79 Å². The minimum absolute atomic E-state index is 0.0516. The molecule has 1 aromatic heterocycles. The average molecular weight is 420 g/mol. The number of carbonyl (C=O) groups is 1. The van der Waals surface area contributed by atoms with Crippen LogP contribution in [-0.4, -0.2) is 25.8 Å². The van der Waals surface area contributed by atoms with Crippen molar-refractivity contribution in [2.45, 2.75) is 80.7 Å². The Morgan fingerprint density at radius 2 is 1.70 bits per heavy atom. The van der Waals surface area contributed by atoms with Crippen LogP contribution in [0, 0.1) is 0 Å². The molecular formula is C25H29N3OS. The molecule has 0 radical (unpaired) electrons. The number of benzene rings is 2. The lowest BCUT2D eigenvalue weighted by Crippen LogP contribution is -2.23. The molecule has 3 aromatic rings. The predicted octanol–water partition coefficient (Wildman–Crippen LogP) is 6.13. The summed E-state index contributed by atoms with van der Waals surface area (Å²) < 4.78 is 2.40. The molecule has 5 heteroatoms. The first-order valence-corrected chi connectivity index (χ1v) is 12.3. The van der Waals surface area contributed by atoms with E-state index in [0.717, 1.165) is 43.1 Å². The van der Waals surface area contributed by atoms with Crippen molar-refractivity contribution >= 4 is 28.3 Å². The van der Waals surface area contributed by atoms with Crippen molar-refractivity contribution in [1.29, 1.82) is 0 Å². The van der Waals surface area contributed by atoms with E-state index in [1.807, 2.05) is 0 Å². The van der Waals surface area contributed by atoms with Gasteiger partial charge >= 0.3 is 0 Å². The maximum atomic E-state index is 12.5. The number of hydrogen-bond donors (Lipinski definition) is 0. The average Bonchev–Trinajstić information content (AvgIpc) is 3.18. The zero-order valence-electron chi connectivity index (χ0n) is 17.4. The van der Waals surface area contributed by atoms with Crippen LogP contribution in [0.5, 0.6) is 0 Å². The first-order chi connectivity index (χ1) is 14.8. The van der Waals surface area contributed by atoms with E-state index in [9.17, 15) is 4.79 Å². The highest BCUT2D eigenvalue weighted by atomic mass is 32.2. The summed E-state index contributed by atoms with van der Waals surface area (Å²) in [6, 6.07) is 15.5. The van der Waals surface area contributed by atoms with Crippen molar-refractivity contribution in [2.75, 3.05) is 0 Å². The zero-order valence-corrected chi connectivity index (χ0v) is 18.2. The number of fused-ring (bicyclic) bond motifs is 1. The fraction of sp³-hybridized carbons (Fsp3) is 0.480. The van der Waals surface area contributed by atoms with Gasteiger partial charge < -0.3 is 4.57 Å². The predicted molar refractivity (Wildman–Crippen MR) is 122 cm³/mol.